The Hall–Kier alpha value is -2.12. The molecule has 3 aromatic rings. The van der Waals surface area contributed by atoms with Gasteiger partial charge in [-0.2, -0.15) is 10.2 Å². The minimum Gasteiger partial charge on any atom is -0.330 e. The number of hydrogen-bond donors (Lipinski definition) is 2. The highest BCUT2D eigenvalue weighted by molar-refractivity contribution is 7.80. The number of hydrogen-bond acceptors (Lipinski definition) is 3. The fourth-order valence-electron chi connectivity index (χ4n) is 2.29. The zero-order valence-electron chi connectivity index (χ0n) is 14.1. The first-order valence-corrected chi connectivity index (χ1v) is 9.35. The number of rotatable bonds is 4. The van der Waals surface area contributed by atoms with E-state index >= 15 is 0 Å². The van der Waals surface area contributed by atoms with Crippen LogP contribution in [-0.2, 0) is 0 Å². The van der Waals surface area contributed by atoms with E-state index in [0.717, 1.165) is 11.4 Å². The minimum atomic E-state index is 0.277. The Morgan fingerprint density at radius 2 is 1.89 bits per heavy atom. The Kier molecular flexibility index (Phi) is 6.34. The summed E-state index contributed by atoms with van der Waals surface area (Å²) in [7, 11) is 0. The van der Waals surface area contributed by atoms with Gasteiger partial charge in [0, 0.05) is 5.02 Å². The quantitative estimate of drug-likeness (QED) is 0.322. The summed E-state index contributed by atoms with van der Waals surface area (Å²) < 4.78 is 1.66. The van der Waals surface area contributed by atoms with E-state index in [1.807, 2.05) is 37.3 Å². The van der Waals surface area contributed by atoms with Gasteiger partial charge in [0.15, 0.2) is 5.11 Å². The molecule has 2 N–H and O–H groups in total. The largest absolute Gasteiger partial charge is 0.330 e. The van der Waals surface area contributed by atoms with Crippen LogP contribution in [0.5, 0.6) is 0 Å². The first kappa shape index (κ1) is 19.6. The van der Waals surface area contributed by atoms with Crippen LogP contribution in [-0.4, -0.2) is 21.1 Å². The zero-order chi connectivity index (χ0) is 19.4. The van der Waals surface area contributed by atoms with Crippen molar-refractivity contribution in [3.05, 3.63) is 75.0 Å². The highest BCUT2D eigenvalue weighted by Gasteiger charge is 2.13. The van der Waals surface area contributed by atoms with Crippen molar-refractivity contribution in [2.45, 2.75) is 6.92 Å². The van der Waals surface area contributed by atoms with Crippen LogP contribution in [0.4, 0.5) is 5.69 Å². The van der Waals surface area contributed by atoms with Gasteiger partial charge in [0.1, 0.15) is 5.15 Å². The maximum atomic E-state index is 6.45. The van der Waals surface area contributed by atoms with E-state index in [1.165, 1.54) is 0 Å². The molecular weight excluding hydrogens is 425 g/mol. The summed E-state index contributed by atoms with van der Waals surface area (Å²) in [6.07, 6.45) is 1.57. The number of hydrazone groups is 1. The van der Waals surface area contributed by atoms with E-state index < -0.39 is 0 Å². The summed E-state index contributed by atoms with van der Waals surface area (Å²) in [6.45, 7) is 1.86. The van der Waals surface area contributed by atoms with Crippen LogP contribution in [0, 0.1) is 6.92 Å². The third-order valence-electron chi connectivity index (χ3n) is 3.59. The summed E-state index contributed by atoms with van der Waals surface area (Å²) in [6, 6.07) is 14.7. The van der Waals surface area contributed by atoms with Crippen molar-refractivity contribution in [3.63, 3.8) is 0 Å². The van der Waals surface area contributed by atoms with Gasteiger partial charge < -0.3 is 5.32 Å². The van der Waals surface area contributed by atoms with Gasteiger partial charge in [-0.1, -0.05) is 53.0 Å². The average molecular weight is 439 g/mol. The molecule has 0 saturated carbocycles. The predicted octanol–water partition coefficient (Wildman–Crippen LogP) is 5.46. The molecular formula is C18H14Cl3N5S. The molecule has 0 bridgehead atoms. The number of aromatic nitrogens is 2. The van der Waals surface area contributed by atoms with E-state index in [1.54, 1.807) is 29.1 Å². The van der Waals surface area contributed by atoms with Crippen molar-refractivity contribution < 1.29 is 0 Å². The average Bonchev–Trinajstić information content (AvgIpc) is 2.93. The van der Waals surface area contributed by atoms with E-state index in [0.29, 0.717) is 26.4 Å². The molecule has 0 saturated heterocycles. The van der Waals surface area contributed by atoms with Gasteiger partial charge >= 0.3 is 0 Å². The van der Waals surface area contributed by atoms with Gasteiger partial charge in [-0.05, 0) is 49.5 Å². The fraction of sp³-hybridized carbons (Fsp3) is 0.0556. The van der Waals surface area contributed by atoms with Crippen LogP contribution >= 0.6 is 47.0 Å². The SMILES string of the molecule is Cc1nn(-c2ccccc2)c(Cl)c1/C=N/NC(=S)Nc1ccc(Cl)cc1Cl. The molecule has 3 rings (SSSR count). The standard InChI is InChI=1S/C18H14Cl3N5S/c1-11-14(17(21)26(25-11)13-5-3-2-4-6-13)10-22-24-18(27)23-16-8-7-12(19)9-15(16)20/h2-10H,1H3,(H2,23,24,27)/b22-10+. The third kappa shape index (κ3) is 4.78. The number of anilines is 1. The lowest BCUT2D eigenvalue weighted by Gasteiger charge is -2.08. The fourth-order valence-corrected chi connectivity index (χ4v) is 3.23. The number of thiocarbonyl (C=S) groups is 1. The van der Waals surface area contributed by atoms with Crippen LogP contribution in [0.3, 0.4) is 0 Å². The third-order valence-corrected chi connectivity index (χ3v) is 4.69. The molecule has 1 heterocycles. The second kappa shape index (κ2) is 8.71. The molecule has 27 heavy (non-hydrogen) atoms. The zero-order valence-corrected chi connectivity index (χ0v) is 17.2. The number of nitrogens with one attached hydrogen (secondary N) is 2. The second-order valence-corrected chi connectivity index (χ2v) is 7.10. The van der Waals surface area contributed by atoms with Gasteiger partial charge in [-0.3, -0.25) is 5.43 Å². The summed E-state index contributed by atoms with van der Waals surface area (Å²) in [5, 5.41) is 13.3. The van der Waals surface area contributed by atoms with Gasteiger partial charge in [-0.15, -0.1) is 0 Å². The van der Waals surface area contributed by atoms with Gasteiger partial charge in [-0.25, -0.2) is 4.68 Å². The van der Waals surface area contributed by atoms with Crippen LogP contribution in [0.1, 0.15) is 11.3 Å². The van der Waals surface area contributed by atoms with Crippen molar-refractivity contribution >= 4 is 64.0 Å². The van der Waals surface area contributed by atoms with Crippen LogP contribution in [0.25, 0.3) is 5.69 Å². The molecule has 0 atom stereocenters. The Balaban J connectivity index is 1.69. The molecule has 2 aromatic carbocycles. The van der Waals surface area contributed by atoms with E-state index in [9.17, 15) is 0 Å². The molecule has 0 radical (unpaired) electrons. The van der Waals surface area contributed by atoms with E-state index in [-0.39, 0.29) is 5.11 Å². The number of nitrogens with zero attached hydrogens (tertiary/aromatic N) is 3. The van der Waals surface area contributed by atoms with Crippen LogP contribution < -0.4 is 10.7 Å². The van der Waals surface area contributed by atoms with Crippen LogP contribution in [0.2, 0.25) is 15.2 Å². The molecule has 0 spiro atoms. The van der Waals surface area contributed by atoms with Crippen molar-refractivity contribution in [2.24, 2.45) is 5.10 Å². The Morgan fingerprint density at radius 3 is 2.59 bits per heavy atom. The molecule has 0 aliphatic rings. The monoisotopic (exact) mass is 437 g/mol. The summed E-state index contributed by atoms with van der Waals surface area (Å²) in [5.41, 5.74) is 5.66. The molecule has 0 amide bonds. The topological polar surface area (TPSA) is 54.2 Å². The highest BCUT2D eigenvalue weighted by atomic mass is 35.5. The number of aryl methyl sites for hydroxylation is 1. The summed E-state index contributed by atoms with van der Waals surface area (Å²) in [5.74, 6) is 0. The normalized spacial score (nSPS) is 11.0. The lowest BCUT2D eigenvalue weighted by atomic mass is 10.3. The lowest BCUT2D eigenvalue weighted by Crippen LogP contribution is -2.24. The first-order chi connectivity index (χ1) is 13.0. The molecule has 138 valence electrons. The van der Waals surface area contributed by atoms with Crippen molar-refractivity contribution in [2.75, 3.05) is 5.32 Å². The Morgan fingerprint density at radius 1 is 1.15 bits per heavy atom. The number of para-hydroxylation sites is 1. The molecule has 0 aliphatic heterocycles. The molecule has 0 unspecified atom stereocenters. The van der Waals surface area contributed by atoms with Crippen LogP contribution in [0.15, 0.2) is 53.6 Å². The van der Waals surface area contributed by atoms with Crippen molar-refractivity contribution in [1.29, 1.82) is 0 Å². The van der Waals surface area contributed by atoms with Gasteiger partial charge in [0.25, 0.3) is 0 Å². The maximum Gasteiger partial charge on any atom is 0.191 e. The summed E-state index contributed by atoms with van der Waals surface area (Å²) >= 11 is 23.6. The molecule has 0 aliphatic carbocycles. The Bertz CT molecular complexity index is 1000. The maximum absolute atomic E-state index is 6.45. The Labute approximate surface area is 176 Å². The minimum absolute atomic E-state index is 0.277. The molecule has 9 heteroatoms. The smallest absolute Gasteiger partial charge is 0.191 e. The first-order valence-electron chi connectivity index (χ1n) is 7.81. The summed E-state index contributed by atoms with van der Waals surface area (Å²) in [4.78, 5) is 0. The lowest BCUT2D eigenvalue weighted by molar-refractivity contribution is 0.863. The van der Waals surface area contributed by atoms with E-state index in [4.69, 9.17) is 47.0 Å². The number of halogens is 3. The van der Waals surface area contributed by atoms with Crippen molar-refractivity contribution in [3.8, 4) is 5.69 Å². The second-order valence-electron chi connectivity index (χ2n) is 5.49. The van der Waals surface area contributed by atoms with Crippen molar-refractivity contribution in [1.82, 2.24) is 15.2 Å². The predicted molar refractivity (Wildman–Crippen MR) is 117 cm³/mol. The van der Waals surface area contributed by atoms with E-state index in [2.05, 4.69) is 20.9 Å². The van der Waals surface area contributed by atoms with Gasteiger partial charge in [0.2, 0.25) is 0 Å². The van der Waals surface area contributed by atoms with Gasteiger partial charge in [0.05, 0.1) is 33.9 Å². The molecule has 1 aromatic heterocycles. The highest BCUT2D eigenvalue weighted by Crippen LogP contribution is 2.25. The molecule has 5 nitrogen and oxygen atoms in total. The molecule has 0 fully saturated rings. The number of benzene rings is 2.